The molecule has 4 N–H and O–H groups in total. The number of nitrogens with zero attached hydrogens (tertiary/aromatic N) is 1. The monoisotopic (exact) mass is 329 g/mol. The summed E-state index contributed by atoms with van der Waals surface area (Å²) in [5.41, 5.74) is 1.70. The first-order valence-corrected chi connectivity index (χ1v) is 7.91. The van der Waals surface area contributed by atoms with Gasteiger partial charge in [0.15, 0.2) is 6.23 Å². The van der Waals surface area contributed by atoms with E-state index in [4.69, 9.17) is 4.74 Å². The van der Waals surface area contributed by atoms with Crippen LogP contribution in [0.15, 0.2) is 48.5 Å². The predicted molar refractivity (Wildman–Crippen MR) is 88.5 cm³/mol. The molecule has 0 bridgehead atoms. The van der Waals surface area contributed by atoms with Crippen LogP contribution in [0.4, 0.5) is 0 Å². The summed E-state index contributed by atoms with van der Waals surface area (Å²) < 4.78 is 7.56. The fourth-order valence-corrected chi connectivity index (χ4v) is 3.52. The third-order valence-corrected chi connectivity index (χ3v) is 4.74. The summed E-state index contributed by atoms with van der Waals surface area (Å²) in [6.07, 6.45) is -5.93. The molecule has 2 aromatic carbocycles. The highest BCUT2D eigenvalue weighted by atomic mass is 16.6. The number of fused-ring (bicyclic) bond motifs is 3. The van der Waals surface area contributed by atoms with Gasteiger partial charge >= 0.3 is 0 Å². The van der Waals surface area contributed by atoms with E-state index in [-0.39, 0.29) is 0 Å². The summed E-state index contributed by atoms with van der Waals surface area (Å²) in [6, 6.07) is 15.5. The average Bonchev–Trinajstić information content (AvgIpc) is 2.95. The van der Waals surface area contributed by atoms with Gasteiger partial charge in [0.2, 0.25) is 0 Å². The highest BCUT2D eigenvalue weighted by molar-refractivity contribution is 6.08. The lowest BCUT2D eigenvalue weighted by Crippen LogP contribution is -2.56. The van der Waals surface area contributed by atoms with Gasteiger partial charge in [-0.25, -0.2) is 0 Å². The van der Waals surface area contributed by atoms with Gasteiger partial charge in [-0.3, -0.25) is 0 Å². The van der Waals surface area contributed by atoms with Crippen LogP contribution in [0.5, 0.6) is 0 Å². The Hall–Kier alpha value is -1.96. The number of hydrogen-bond acceptors (Lipinski definition) is 5. The largest absolute Gasteiger partial charge is 0.394 e. The van der Waals surface area contributed by atoms with Gasteiger partial charge in [0.1, 0.15) is 24.4 Å². The normalized spacial score (nSPS) is 30.9. The van der Waals surface area contributed by atoms with Gasteiger partial charge in [-0.1, -0.05) is 36.4 Å². The minimum absolute atomic E-state index is 0.446. The Labute approximate surface area is 138 Å². The molecule has 0 aliphatic carbocycles. The molecule has 5 atom stereocenters. The lowest BCUT2D eigenvalue weighted by atomic mass is 9.98. The zero-order chi connectivity index (χ0) is 16.8. The number of benzene rings is 2. The van der Waals surface area contributed by atoms with Crippen LogP contribution in [0, 0.1) is 0 Å². The van der Waals surface area contributed by atoms with E-state index in [1.165, 1.54) is 0 Å². The second-order valence-corrected chi connectivity index (χ2v) is 6.12. The van der Waals surface area contributed by atoms with Gasteiger partial charge in [-0.2, -0.15) is 0 Å². The van der Waals surface area contributed by atoms with Crippen LogP contribution in [-0.2, 0) is 4.74 Å². The van der Waals surface area contributed by atoms with Gasteiger partial charge in [-0.05, 0) is 12.1 Å². The van der Waals surface area contributed by atoms with E-state index in [2.05, 4.69) is 0 Å². The van der Waals surface area contributed by atoms with E-state index >= 15 is 0 Å². The van der Waals surface area contributed by atoms with Crippen molar-refractivity contribution in [3.63, 3.8) is 0 Å². The minimum Gasteiger partial charge on any atom is -0.394 e. The Balaban J connectivity index is 1.94. The number of hydrogen-bond donors (Lipinski definition) is 4. The van der Waals surface area contributed by atoms with Crippen LogP contribution in [0.3, 0.4) is 0 Å². The second kappa shape index (κ2) is 5.84. The molecule has 24 heavy (non-hydrogen) atoms. The lowest BCUT2D eigenvalue weighted by Gasteiger charge is -2.41. The molecule has 126 valence electrons. The van der Waals surface area contributed by atoms with Crippen LogP contribution in [0.25, 0.3) is 21.8 Å². The molecule has 0 spiro atoms. The minimum atomic E-state index is -1.40. The van der Waals surface area contributed by atoms with Crippen molar-refractivity contribution in [2.24, 2.45) is 0 Å². The molecule has 3 aromatic rings. The summed E-state index contributed by atoms with van der Waals surface area (Å²) in [5.74, 6) is 0. The first-order chi connectivity index (χ1) is 11.6. The van der Waals surface area contributed by atoms with E-state index in [0.29, 0.717) is 0 Å². The smallest absolute Gasteiger partial charge is 0.163 e. The molecule has 4 rings (SSSR count). The molecule has 1 saturated heterocycles. The molecular formula is C18H19NO5. The van der Waals surface area contributed by atoms with Crippen molar-refractivity contribution in [3.8, 4) is 0 Å². The molecule has 1 fully saturated rings. The third-order valence-electron chi connectivity index (χ3n) is 4.74. The van der Waals surface area contributed by atoms with Crippen LogP contribution < -0.4 is 0 Å². The van der Waals surface area contributed by atoms with E-state index < -0.39 is 37.3 Å². The molecule has 1 aromatic heterocycles. The number of aromatic nitrogens is 1. The van der Waals surface area contributed by atoms with Crippen LogP contribution in [-0.4, -0.2) is 56.0 Å². The first kappa shape index (κ1) is 15.6. The summed E-state index contributed by atoms with van der Waals surface area (Å²) in [7, 11) is 0. The molecule has 0 radical (unpaired) electrons. The molecule has 0 unspecified atom stereocenters. The Kier molecular flexibility index (Phi) is 3.79. The van der Waals surface area contributed by atoms with Crippen LogP contribution >= 0.6 is 0 Å². The van der Waals surface area contributed by atoms with Crippen LogP contribution in [0.2, 0.25) is 0 Å². The fourth-order valence-electron chi connectivity index (χ4n) is 3.52. The standard InChI is InChI=1S/C18H19NO5/c20-9-14-15(21)16(22)17(23)18(24-14)19-12-7-3-1-5-10(12)11-6-2-4-8-13(11)19/h1-8,14-18,20-23H,9H2/t14-,15-,16+,17-,18-/m1/s1. The van der Waals surface area contributed by atoms with Crippen molar-refractivity contribution in [2.75, 3.05) is 6.61 Å². The fraction of sp³-hybridized carbons (Fsp3) is 0.333. The van der Waals surface area contributed by atoms with Crippen molar-refractivity contribution < 1.29 is 25.2 Å². The van der Waals surface area contributed by atoms with Crippen molar-refractivity contribution in [1.82, 2.24) is 4.57 Å². The summed E-state index contributed by atoms with van der Waals surface area (Å²) >= 11 is 0. The molecule has 2 heterocycles. The Morgan fingerprint density at radius 1 is 0.792 bits per heavy atom. The summed E-state index contributed by atoms with van der Waals surface area (Å²) in [4.78, 5) is 0. The quantitative estimate of drug-likeness (QED) is 0.557. The van der Waals surface area contributed by atoms with Gasteiger partial charge in [0.25, 0.3) is 0 Å². The number of ether oxygens (including phenoxy) is 1. The summed E-state index contributed by atoms with van der Waals surface area (Å²) in [6.45, 7) is -0.446. The molecule has 1 aliphatic heterocycles. The van der Waals surface area contributed by atoms with Gasteiger partial charge in [0, 0.05) is 10.8 Å². The van der Waals surface area contributed by atoms with E-state index in [1.54, 1.807) is 0 Å². The highest BCUT2D eigenvalue weighted by Crippen LogP contribution is 2.36. The van der Waals surface area contributed by atoms with Crippen molar-refractivity contribution in [1.29, 1.82) is 0 Å². The van der Waals surface area contributed by atoms with Crippen molar-refractivity contribution in [3.05, 3.63) is 48.5 Å². The molecule has 0 saturated carbocycles. The molecule has 1 aliphatic rings. The SMILES string of the molecule is OC[C@H]1O[C@@H](n2c3ccccc3c3ccccc32)[C@H](O)[C@@H](O)[C@@H]1O. The lowest BCUT2D eigenvalue weighted by molar-refractivity contribution is -0.249. The highest BCUT2D eigenvalue weighted by Gasteiger charge is 2.44. The Morgan fingerprint density at radius 2 is 1.33 bits per heavy atom. The maximum atomic E-state index is 10.5. The van der Waals surface area contributed by atoms with Crippen molar-refractivity contribution in [2.45, 2.75) is 30.6 Å². The van der Waals surface area contributed by atoms with Crippen molar-refractivity contribution >= 4 is 21.8 Å². The molecule has 6 heteroatoms. The molecule has 0 amide bonds. The topological polar surface area (TPSA) is 95.1 Å². The molecular weight excluding hydrogens is 310 g/mol. The number of aliphatic hydroxyl groups excluding tert-OH is 4. The predicted octanol–water partition coefficient (Wildman–Crippen LogP) is 0.767. The zero-order valence-electron chi connectivity index (χ0n) is 12.9. The van der Waals surface area contributed by atoms with E-state index in [0.717, 1.165) is 21.8 Å². The maximum absolute atomic E-state index is 10.5. The van der Waals surface area contributed by atoms with E-state index in [9.17, 15) is 20.4 Å². The zero-order valence-corrected chi connectivity index (χ0v) is 12.9. The Bertz CT molecular complexity index is 821. The van der Waals surface area contributed by atoms with Gasteiger partial charge < -0.3 is 29.7 Å². The number of aliphatic hydroxyl groups is 4. The van der Waals surface area contributed by atoms with E-state index in [1.807, 2.05) is 53.1 Å². The number of para-hydroxylation sites is 2. The van der Waals surface area contributed by atoms with Crippen LogP contribution in [0.1, 0.15) is 6.23 Å². The molecule has 6 nitrogen and oxygen atoms in total. The average molecular weight is 329 g/mol. The Morgan fingerprint density at radius 3 is 1.88 bits per heavy atom. The van der Waals surface area contributed by atoms with Gasteiger partial charge in [-0.15, -0.1) is 0 Å². The second-order valence-electron chi connectivity index (χ2n) is 6.12. The van der Waals surface area contributed by atoms with Gasteiger partial charge in [0.05, 0.1) is 17.6 Å². The number of rotatable bonds is 2. The third kappa shape index (κ3) is 2.16. The maximum Gasteiger partial charge on any atom is 0.163 e. The first-order valence-electron chi connectivity index (χ1n) is 7.91. The summed E-state index contributed by atoms with van der Waals surface area (Å²) in [5, 5.41) is 42.0.